The van der Waals surface area contributed by atoms with Crippen molar-refractivity contribution in [1.29, 1.82) is 0 Å². The molecule has 0 radical (unpaired) electrons. The lowest BCUT2D eigenvalue weighted by Crippen LogP contribution is -2.21. The third kappa shape index (κ3) is 3.44. The summed E-state index contributed by atoms with van der Waals surface area (Å²) in [6.07, 6.45) is 7.96. The maximum atomic E-state index is 3.48. The molecule has 0 amide bonds. The van der Waals surface area contributed by atoms with Crippen LogP contribution in [0, 0.1) is 0 Å². The van der Waals surface area contributed by atoms with Gasteiger partial charge < -0.3 is 9.88 Å². The summed E-state index contributed by atoms with van der Waals surface area (Å²) in [5.41, 5.74) is 5.95. The molecular formula is C20H28N2. The lowest BCUT2D eigenvalue weighted by molar-refractivity contribution is 0.564. The highest BCUT2D eigenvalue weighted by Crippen LogP contribution is 2.30. The standard InChI is InChI=1S/C20H28N2/c1-2-21-14-15-22-19-13-9-4-3-6-12-18(19)16-20(22)17-10-7-5-8-11-17/h5,7-8,10-11,16,21H,2-4,6,9,12-15H2,1H3. The van der Waals surface area contributed by atoms with Gasteiger partial charge in [0.2, 0.25) is 0 Å². The molecule has 1 N–H and O–H groups in total. The number of hydrogen-bond acceptors (Lipinski definition) is 1. The molecule has 0 aliphatic heterocycles. The Labute approximate surface area is 134 Å². The molecule has 0 unspecified atom stereocenters. The van der Waals surface area contributed by atoms with E-state index in [1.54, 1.807) is 11.3 Å². The second-order valence-corrected chi connectivity index (χ2v) is 6.29. The van der Waals surface area contributed by atoms with Gasteiger partial charge in [0, 0.05) is 24.5 Å². The smallest absolute Gasteiger partial charge is 0.0485 e. The molecule has 0 fully saturated rings. The topological polar surface area (TPSA) is 17.0 Å². The van der Waals surface area contributed by atoms with Crippen molar-refractivity contribution >= 4 is 0 Å². The summed E-state index contributed by atoms with van der Waals surface area (Å²) in [5, 5.41) is 3.48. The zero-order valence-corrected chi connectivity index (χ0v) is 13.8. The van der Waals surface area contributed by atoms with Crippen LogP contribution in [-0.2, 0) is 19.4 Å². The molecule has 2 aromatic rings. The van der Waals surface area contributed by atoms with Crippen LogP contribution < -0.4 is 5.32 Å². The summed E-state index contributed by atoms with van der Waals surface area (Å²) >= 11 is 0. The van der Waals surface area contributed by atoms with E-state index in [2.05, 4.69) is 53.2 Å². The van der Waals surface area contributed by atoms with Crippen molar-refractivity contribution in [2.45, 2.75) is 52.0 Å². The van der Waals surface area contributed by atoms with Gasteiger partial charge in [-0.3, -0.25) is 0 Å². The average Bonchev–Trinajstić information content (AvgIpc) is 2.85. The van der Waals surface area contributed by atoms with Gasteiger partial charge in [0.1, 0.15) is 0 Å². The van der Waals surface area contributed by atoms with Crippen molar-refractivity contribution in [2.24, 2.45) is 0 Å². The number of benzene rings is 1. The molecule has 0 saturated heterocycles. The fraction of sp³-hybridized carbons (Fsp3) is 0.500. The lowest BCUT2D eigenvalue weighted by Gasteiger charge is -2.16. The van der Waals surface area contributed by atoms with Gasteiger partial charge in [-0.2, -0.15) is 0 Å². The number of fused-ring (bicyclic) bond motifs is 1. The molecule has 1 aromatic carbocycles. The largest absolute Gasteiger partial charge is 0.343 e. The molecule has 1 aliphatic rings. The third-order valence-corrected chi connectivity index (χ3v) is 4.74. The third-order valence-electron chi connectivity index (χ3n) is 4.74. The van der Waals surface area contributed by atoms with Crippen LogP contribution in [0.1, 0.15) is 43.9 Å². The van der Waals surface area contributed by atoms with Crippen molar-refractivity contribution in [3.63, 3.8) is 0 Å². The zero-order chi connectivity index (χ0) is 15.2. The van der Waals surface area contributed by atoms with Crippen LogP contribution in [-0.4, -0.2) is 17.7 Å². The highest BCUT2D eigenvalue weighted by atomic mass is 15.0. The van der Waals surface area contributed by atoms with Crippen LogP contribution in [0.3, 0.4) is 0 Å². The summed E-state index contributed by atoms with van der Waals surface area (Å²) in [6.45, 7) is 5.35. The van der Waals surface area contributed by atoms with Crippen LogP contribution in [0.4, 0.5) is 0 Å². The highest BCUT2D eigenvalue weighted by Gasteiger charge is 2.17. The maximum Gasteiger partial charge on any atom is 0.0485 e. The molecular weight excluding hydrogens is 268 g/mol. The molecule has 0 bridgehead atoms. The lowest BCUT2D eigenvalue weighted by atomic mass is 9.98. The van der Waals surface area contributed by atoms with E-state index in [4.69, 9.17) is 0 Å². The first-order chi connectivity index (χ1) is 10.9. The number of aryl methyl sites for hydroxylation is 1. The van der Waals surface area contributed by atoms with E-state index >= 15 is 0 Å². The van der Waals surface area contributed by atoms with E-state index < -0.39 is 0 Å². The van der Waals surface area contributed by atoms with Gasteiger partial charge in [-0.05, 0) is 49.4 Å². The van der Waals surface area contributed by atoms with Crippen molar-refractivity contribution in [1.82, 2.24) is 9.88 Å². The molecule has 2 nitrogen and oxygen atoms in total. The van der Waals surface area contributed by atoms with Crippen LogP contribution in [0.25, 0.3) is 11.3 Å². The quantitative estimate of drug-likeness (QED) is 0.808. The summed E-state index contributed by atoms with van der Waals surface area (Å²) in [4.78, 5) is 0. The van der Waals surface area contributed by atoms with Gasteiger partial charge in [0.15, 0.2) is 0 Å². The minimum atomic E-state index is 1.05. The Hall–Kier alpha value is -1.54. The van der Waals surface area contributed by atoms with E-state index in [0.717, 1.165) is 19.6 Å². The van der Waals surface area contributed by atoms with Crippen LogP contribution >= 0.6 is 0 Å². The van der Waals surface area contributed by atoms with Crippen LogP contribution in [0.2, 0.25) is 0 Å². The fourth-order valence-corrected chi connectivity index (χ4v) is 3.59. The van der Waals surface area contributed by atoms with E-state index in [9.17, 15) is 0 Å². The minimum Gasteiger partial charge on any atom is -0.343 e. The first-order valence-electron chi connectivity index (χ1n) is 8.87. The molecule has 0 spiro atoms. The number of nitrogens with zero attached hydrogens (tertiary/aromatic N) is 1. The number of nitrogens with one attached hydrogen (secondary N) is 1. The Balaban J connectivity index is 1.97. The predicted octanol–water partition coefficient (Wildman–Crippen LogP) is 4.42. The van der Waals surface area contributed by atoms with E-state index in [-0.39, 0.29) is 0 Å². The first kappa shape index (κ1) is 15.4. The van der Waals surface area contributed by atoms with Gasteiger partial charge in [0.05, 0.1) is 0 Å². The van der Waals surface area contributed by atoms with E-state index in [1.165, 1.54) is 49.8 Å². The Morgan fingerprint density at radius 3 is 2.55 bits per heavy atom. The number of likely N-dealkylation sites (N-methyl/N-ethyl adjacent to an activating group) is 1. The summed E-state index contributed by atoms with van der Waals surface area (Å²) in [6, 6.07) is 13.3. The second kappa shape index (κ2) is 7.64. The fourth-order valence-electron chi connectivity index (χ4n) is 3.59. The Bertz CT molecular complexity index is 583. The molecule has 1 aromatic heterocycles. The minimum absolute atomic E-state index is 1.05. The van der Waals surface area contributed by atoms with Crippen molar-refractivity contribution in [2.75, 3.05) is 13.1 Å². The number of rotatable bonds is 5. The molecule has 22 heavy (non-hydrogen) atoms. The monoisotopic (exact) mass is 296 g/mol. The highest BCUT2D eigenvalue weighted by molar-refractivity contribution is 5.62. The molecule has 0 saturated carbocycles. The van der Waals surface area contributed by atoms with Crippen molar-refractivity contribution in [3.8, 4) is 11.3 Å². The Kier molecular flexibility index (Phi) is 5.33. The number of hydrogen-bond donors (Lipinski definition) is 1. The van der Waals surface area contributed by atoms with Gasteiger partial charge >= 0.3 is 0 Å². The van der Waals surface area contributed by atoms with Crippen molar-refractivity contribution < 1.29 is 0 Å². The van der Waals surface area contributed by atoms with Crippen LogP contribution in [0.15, 0.2) is 36.4 Å². The molecule has 3 rings (SSSR count). The molecule has 1 aliphatic carbocycles. The van der Waals surface area contributed by atoms with E-state index in [1.807, 2.05) is 0 Å². The molecule has 0 atom stereocenters. The second-order valence-electron chi connectivity index (χ2n) is 6.29. The summed E-state index contributed by atoms with van der Waals surface area (Å²) in [5.74, 6) is 0. The Morgan fingerprint density at radius 1 is 1.00 bits per heavy atom. The number of aromatic nitrogens is 1. The van der Waals surface area contributed by atoms with E-state index in [0.29, 0.717) is 0 Å². The van der Waals surface area contributed by atoms with Crippen molar-refractivity contribution in [3.05, 3.63) is 47.7 Å². The Morgan fingerprint density at radius 2 is 1.77 bits per heavy atom. The average molecular weight is 296 g/mol. The van der Waals surface area contributed by atoms with Gasteiger partial charge in [-0.1, -0.05) is 50.1 Å². The molecule has 118 valence electrons. The van der Waals surface area contributed by atoms with Gasteiger partial charge in [0.25, 0.3) is 0 Å². The summed E-state index contributed by atoms with van der Waals surface area (Å²) in [7, 11) is 0. The SMILES string of the molecule is CCNCCn1c(-c2ccccc2)cc2c1CCCCCC2. The zero-order valence-electron chi connectivity index (χ0n) is 13.8. The normalized spacial score (nSPS) is 15.1. The molecule has 2 heteroatoms. The van der Waals surface area contributed by atoms with Crippen LogP contribution in [0.5, 0.6) is 0 Å². The first-order valence-corrected chi connectivity index (χ1v) is 8.87. The maximum absolute atomic E-state index is 3.48. The molecule has 1 heterocycles. The van der Waals surface area contributed by atoms with Gasteiger partial charge in [-0.25, -0.2) is 0 Å². The summed E-state index contributed by atoms with van der Waals surface area (Å²) < 4.78 is 2.58. The predicted molar refractivity (Wildman–Crippen MR) is 94.3 cm³/mol. The van der Waals surface area contributed by atoms with Gasteiger partial charge in [-0.15, -0.1) is 0 Å².